The van der Waals surface area contributed by atoms with Crippen molar-refractivity contribution in [2.45, 2.75) is 44.1 Å². The Labute approximate surface area is 229 Å². The first-order valence-corrected chi connectivity index (χ1v) is 14.5. The van der Waals surface area contributed by atoms with Crippen molar-refractivity contribution in [2.75, 3.05) is 12.9 Å². The maximum Gasteiger partial charge on any atom is 0.261 e. The minimum atomic E-state index is -3.67. The standard InChI is InChI=1S/C29H30ClNO2.CH4O3S/c1-28(2,33)24-8-4-15-29(20-24,16-5-17-32)23-7-3-6-21(18-23)9-13-26-14-11-22-10-12-25(30)19-27(22)31-26;1-5(2,3)4/h3-4,6-15,18-19,32-33H,5,16-17,20H2,1-2H3;1H3,(H,2,3,4)/t29-;/m0./s1. The van der Waals surface area contributed by atoms with Gasteiger partial charge < -0.3 is 10.2 Å². The highest BCUT2D eigenvalue weighted by Crippen LogP contribution is 2.42. The molecule has 0 radical (unpaired) electrons. The minimum Gasteiger partial charge on any atom is -0.396 e. The number of nitrogens with zero attached hydrogens (tertiary/aromatic N) is 1. The normalized spacial score (nSPS) is 17.8. The molecule has 3 aromatic rings. The molecule has 1 heterocycles. The monoisotopic (exact) mass is 555 g/mol. The third-order valence-corrected chi connectivity index (χ3v) is 6.60. The minimum absolute atomic E-state index is 0.147. The molecule has 202 valence electrons. The number of hydrogen-bond acceptors (Lipinski definition) is 5. The zero-order chi connectivity index (χ0) is 28.0. The van der Waals surface area contributed by atoms with Crippen molar-refractivity contribution in [1.29, 1.82) is 0 Å². The van der Waals surface area contributed by atoms with E-state index in [4.69, 9.17) is 21.1 Å². The molecule has 8 heteroatoms. The van der Waals surface area contributed by atoms with Crippen molar-refractivity contribution < 1.29 is 23.2 Å². The molecule has 38 heavy (non-hydrogen) atoms. The Morgan fingerprint density at radius 3 is 2.50 bits per heavy atom. The SMILES string of the molecule is CC(C)(O)C1=CC=C[C@@](CCCO)(c2cccc(C=Cc3ccc4ccc(Cl)cc4n3)c2)C1.CS(=O)(=O)O. The van der Waals surface area contributed by atoms with Gasteiger partial charge in [0.1, 0.15) is 0 Å². The van der Waals surface area contributed by atoms with E-state index >= 15 is 0 Å². The van der Waals surface area contributed by atoms with Gasteiger partial charge in [-0.05, 0) is 74.1 Å². The van der Waals surface area contributed by atoms with Gasteiger partial charge in [0.25, 0.3) is 10.1 Å². The number of halogens is 1. The predicted molar refractivity (Wildman–Crippen MR) is 156 cm³/mol. The average molecular weight is 556 g/mol. The number of aliphatic hydroxyl groups is 2. The lowest BCUT2D eigenvalue weighted by Gasteiger charge is -2.38. The van der Waals surface area contributed by atoms with Crippen LogP contribution in [0.5, 0.6) is 0 Å². The molecule has 0 saturated heterocycles. The van der Waals surface area contributed by atoms with E-state index in [9.17, 15) is 18.6 Å². The van der Waals surface area contributed by atoms with E-state index in [1.165, 1.54) is 5.56 Å². The first kappa shape index (κ1) is 29.7. The van der Waals surface area contributed by atoms with Crippen molar-refractivity contribution in [3.05, 3.63) is 100 Å². The Morgan fingerprint density at radius 1 is 1.11 bits per heavy atom. The van der Waals surface area contributed by atoms with E-state index < -0.39 is 15.7 Å². The van der Waals surface area contributed by atoms with Gasteiger partial charge in [0.05, 0.1) is 23.1 Å². The number of fused-ring (bicyclic) bond motifs is 1. The van der Waals surface area contributed by atoms with Crippen LogP contribution in [0.2, 0.25) is 5.02 Å². The summed E-state index contributed by atoms with van der Waals surface area (Å²) in [5.74, 6) is 0. The molecule has 0 amide bonds. The van der Waals surface area contributed by atoms with Crippen LogP contribution in [-0.4, -0.2) is 46.6 Å². The van der Waals surface area contributed by atoms with E-state index in [1.54, 1.807) is 0 Å². The second-order valence-electron chi connectivity index (χ2n) is 10.0. The number of hydrogen-bond donors (Lipinski definition) is 3. The number of benzene rings is 2. The Kier molecular flexibility index (Phi) is 9.68. The van der Waals surface area contributed by atoms with Gasteiger partial charge in [-0.2, -0.15) is 8.42 Å². The van der Waals surface area contributed by atoms with Crippen LogP contribution >= 0.6 is 11.6 Å². The molecule has 6 nitrogen and oxygen atoms in total. The highest BCUT2D eigenvalue weighted by atomic mass is 35.5. The smallest absolute Gasteiger partial charge is 0.261 e. The summed E-state index contributed by atoms with van der Waals surface area (Å²) in [6.07, 6.45) is 13.3. The van der Waals surface area contributed by atoms with Crippen LogP contribution < -0.4 is 0 Å². The van der Waals surface area contributed by atoms with Crippen LogP contribution in [0, 0.1) is 0 Å². The van der Waals surface area contributed by atoms with Gasteiger partial charge >= 0.3 is 0 Å². The molecule has 3 N–H and O–H groups in total. The molecule has 0 aliphatic heterocycles. The number of aromatic nitrogens is 1. The third kappa shape index (κ3) is 8.61. The van der Waals surface area contributed by atoms with Crippen molar-refractivity contribution in [3.63, 3.8) is 0 Å². The van der Waals surface area contributed by atoms with Gasteiger partial charge in [-0.25, -0.2) is 4.98 Å². The molecule has 0 saturated carbocycles. The first-order valence-electron chi connectivity index (χ1n) is 12.3. The van der Waals surface area contributed by atoms with E-state index in [1.807, 2.05) is 56.3 Å². The summed E-state index contributed by atoms with van der Waals surface area (Å²) in [7, 11) is -3.67. The summed E-state index contributed by atoms with van der Waals surface area (Å²) in [4.78, 5) is 4.71. The summed E-state index contributed by atoms with van der Waals surface area (Å²) in [5.41, 5.74) is 3.88. The molecule has 0 bridgehead atoms. The van der Waals surface area contributed by atoms with Gasteiger partial charge in [-0.3, -0.25) is 4.55 Å². The molecule has 1 aromatic heterocycles. The molecule has 0 fully saturated rings. The summed E-state index contributed by atoms with van der Waals surface area (Å²) < 4.78 is 25.9. The Morgan fingerprint density at radius 2 is 1.82 bits per heavy atom. The fourth-order valence-corrected chi connectivity index (χ4v) is 4.63. The second kappa shape index (κ2) is 12.4. The highest BCUT2D eigenvalue weighted by Gasteiger charge is 2.35. The Hall–Kier alpha value is -2.81. The molecule has 1 aliphatic carbocycles. The molecule has 0 spiro atoms. The van der Waals surface area contributed by atoms with Crippen LogP contribution in [0.1, 0.15) is 49.9 Å². The van der Waals surface area contributed by atoms with Gasteiger partial charge in [0.15, 0.2) is 0 Å². The predicted octanol–water partition coefficient (Wildman–Crippen LogP) is 6.23. The van der Waals surface area contributed by atoms with Crippen LogP contribution in [0.4, 0.5) is 0 Å². The van der Waals surface area contributed by atoms with Crippen LogP contribution in [0.3, 0.4) is 0 Å². The molecule has 1 atom stereocenters. The van der Waals surface area contributed by atoms with Crippen molar-refractivity contribution in [2.24, 2.45) is 0 Å². The van der Waals surface area contributed by atoms with Crippen molar-refractivity contribution in [3.8, 4) is 0 Å². The molecular formula is C30H34ClNO5S. The molecule has 0 unspecified atom stereocenters. The fourth-order valence-electron chi connectivity index (χ4n) is 4.47. The quantitative estimate of drug-likeness (QED) is 0.298. The number of allylic oxidation sites excluding steroid dienone is 3. The van der Waals surface area contributed by atoms with Crippen molar-refractivity contribution >= 4 is 44.8 Å². The summed E-state index contributed by atoms with van der Waals surface area (Å²) in [6.45, 7) is 3.81. The zero-order valence-corrected chi connectivity index (χ0v) is 23.4. The van der Waals surface area contributed by atoms with Gasteiger partial charge in [0, 0.05) is 22.4 Å². The van der Waals surface area contributed by atoms with Gasteiger partial charge in [0.2, 0.25) is 0 Å². The molecule has 1 aliphatic rings. The average Bonchev–Trinajstić information content (AvgIpc) is 2.85. The molecule has 2 aromatic carbocycles. The third-order valence-electron chi connectivity index (χ3n) is 6.37. The number of pyridine rings is 1. The maximum atomic E-state index is 10.6. The second-order valence-corrected chi connectivity index (χ2v) is 11.9. The zero-order valence-electron chi connectivity index (χ0n) is 21.8. The number of rotatable bonds is 7. The highest BCUT2D eigenvalue weighted by molar-refractivity contribution is 7.85. The van der Waals surface area contributed by atoms with Crippen LogP contribution in [-0.2, 0) is 15.5 Å². The maximum absolute atomic E-state index is 10.6. The summed E-state index contributed by atoms with van der Waals surface area (Å²) >= 11 is 6.12. The Balaban J connectivity index is 0.000000732. The van der Waals surface area contributed by atoms with E-state index in [-0.39, 0.29) is 12.0 Å². The lowest BCUT2D eigenvalue weighted by molar-refractivity contribution is 0.111. The van der Waals surface area contributed by atoms with E-state index in [0.29, 0.717) is 17.7 Å². The fraction of sp³-hybridized carbons (Fsp3) is 0.300. The topological polar surface area (TPSA) is 108 Å². The Bertz CT molecular complexity index is 1460. The molecular weight excluding hydrogens is 522 g/mol. The van der Waals surface area contributed by atoms with Crippen LogP contribution in [0.15, 0.2) is 78.4 Å². The summed E-state index contributed by atoms with van der Waals surface area (Å²) in [6, 6.07) is 18.3. The van der Waals surface area contributed by atoms with Crippen LogP contribution in [0.25, 0.3) is 23.1 Å². The number of aliphatic hydroxyl groups excluding tert-OH is 1. The first-order chi connectivity index (χ1) is 17.8. The van der Waals surface area contributed by atoms with E-state index in [2.05, 4.69) is 42.5 Å². The lowest BCUT2D eigenvalue weighted by Crippen LogP contribution is -2.33. The largest absolute Gasteiger partial charge is 0.396 e. The van der Waals surface area contributed by atoms with Gasteiger partial charge in [-0.15, -0.1) is 0 Å². The molecule has 4 rings (SSSR count). The lowest BCUT2D eigenvalue weighted by atomic mass is 9.67. The van der Waals surface area contributed by atoms with Crippen molar-refractivity contribution in [1.82, 2.24) is 4.98 Å². The van der Waals surface area contributed by atoms with E-state index in [0.717, 1.165) is 40.6 Å². The summed E-state index contributed by atoms with van der Waals surface area (Å²) in [5, 5.41) is 21.9. The van der Waals surface area contributed by atoms with Gasteiger partial charge in [-0.1, -0.05) is 72.3 Å².